The van der Waals surface area contributed by atoms with Crippen LogP contribution in [-0.4, -0.2) is 12.0 Å². The summed E-state index contributed by atoms with van der Waals surface area (Å²) in [6.45, 7) is 0.844. The first-order chi connectivity index (χ1) is 8.36. The van der Waals surface area contributed by atoms with E-state index in [0.29, 0.717) is 0 Å². The Balaban J connectivity index is 1.81. The van der Waals surface area contributed by atoms with Gasteiger partial charge in [-0.1, -0.05) is 24.3 Å². The summed E-state index contributed by atoms with van der Waals surface area (Å²) in [5.74, 6) is 0.834. The molecular formula is C14H16N2S. The number of hydrogen-bond acceptors (Lipinski definition) is 3. The largest absolute Gasteiger partial charge is 0.314 e. The number of nitrogens with zero attached hydrogens (tertiary/aromatic N) is 1. The van der Waals surface area contributed by atoms with Gasteiger partial charge in [-0.2, -0.15) is 0 Å². The number of rotatable bonds is 4. The van der Waals surface area contributed by atoms with Gasteiger partial charge < -0.3 is 5.32 Å². The highest BCUT2D eigenvalue weighted by Gasteiger charge is 2.23. The van der Waals surface area contributed by atoms with E-state index in [2.05, 4.69) is 39.9 Å². The molecule has 1 N–H and O–H groups in total. The van der Waals surface area contributed by atoms with Gasteiger partial charge in [0, 0.05) is 17.5 Å². The Kier molecular flexibility index (Phi) is 2.95. The zero-order valence-corrected chi connectivity index (χ0v) is 10.8. The zero-order chi connectivity index (χ0) is 11.7. The van der Waals surface area contributed by atoms with Gasteiger partial charge in [0.15, 0.2) is 0 Å². The molecule has 2 aromatic rings. The number of aromatic nitrogens is 1. The van der Waals surface area contributed by atoms with Crippen molar-refractivity contribution in [3.8, 4) is 10.6 Å². The Morgan fingerprint density at radius 2 is 2.06 bits per heavy atom. The standard InChI is InChI=1S/C14H16N2S/c1-15-8-13-9-17-14(16-13)12-6-4-11(5-7-12)10-2-3-10/h4-7,9-10,15H,2-3,8H2,1H3. The second kappa shape index (κ2) is 4.59. The SMILES string of the molecule is CNCc1csc(-c2ccc(C3CC3)cc2)n1. The molecule has 0 saturated heterocycles. The van der Waals surface area contributed by atoms with Gasteiger partial charge in [-0.25, -0.2) is 4.98 Å². The van der Waals surface area contributed by atoms with Crippen LogP contribution in [-0.2, 0) is 6.54 Å². The summed E-state index contributed by atoms with van der Waals surface area (Å²) in [5.41, 5.74) is 3.85. The first-order valence-corrected chi connectivity index (χ1v) is 6.94. The van der Waals surface area contributed by atoms with Crippen LogP contribution in [0.1, 0.15) is 30.0 Å². The maximum absolute atomic E-state index is 4.62. The predicted molar refractivity (Wildman–Crippen MR) is 72.3 cm³/mol. The van der Waals surface area contributed by atoms with Crippen molar-refractivity contribution in [1.29, 1.82) is 0 Å². The average Bonchev–Trinajstić information content (AvgIpc) is 3.11. The molecular weight excluding hydrogens is 228 g/mol. The Labute approximate surface area is 106 Å². The molecule has 0 bridgehead atoms. The van der Waals surface area contributed by atoms with Gasteiger partial charge in [-0.05, 0) is 31.4 Å². The van der Waals surface area contributed by atoms with Crippen molar-refractivity contribution >= 4 is 11.3 Å². The molecule has 1 aromatic heterocycles. The molecule has 1 heterocycles. The van der Waals surface area contributed by atoms with Crippen LogP contribution in [0.4, 0.5) is 0 Å². The maximum atomic E-state index is 4.62. The second-order valence-corrected chi connectivity index (χ2v) is 5.43. The number of thiazole rings is 1. The summed E-state index contributed by atoms with van der Waals surface area (Å²) < 4.78 is 0. The topological polar surface area (TPSA) is 24.9 Å². The highest BCUT2D eigenvalue weighted by molar-refractivity contribution is 7.13. The summed E-state index contributed by atoms with van der Waals surface area (Å²) in [5, 5.41) is 6.37. The Morgan fingerprint density at radius 1 is 1.29 bits per heavy atom. The van der Waals surface area contributed by atoms with Crippen LogP contribution >= 0.6 is 11.3 Å². The molecule has 3 heteroatoms. The van der Waals surface area contributed by atoms with Crippen LogP contribution in [0.5, 0.6) is 0 Å². The molecule has 1 saturated carbocycles. The van der Waals surface area contributed by atoms with E-state index in [1.54, 1.807) is 11.3 Å². The molecule has 0 aliphatic heterocycles. The summed E-state index contributed by atoms with van der Waals surface area (Å²) in [6.07, 6.45) is 2.73. The lowest BCUT2D eigenvalue weighted by atomic mass is 10.1. The average molecular weight is 244 g/mol. The predicted octanol–water partition coefficient (Wildman–Crippen LogP) is 3.41. The van der Waals surface area contributed by atoms with E-state index >= 15 is 0 Å². The van der Waals surface area contributed by atoms with E-state index in [4.69, 9.17) is 0 Å². The van der Waals surface area contributed by atoms with E-state index in [1.807, 2.05) is 7.05 Å². The van der Waals surface area contributed by atoms with Gasteiger partial charge in [-0.15, -0.1) is 11.3 Å². The van der Waals surface area contributed by atoms with E-state index in [9.17, 15) is 0 Å². The molecule has 3 rings (SSSR count). The van der Waals surface area contributed by atoms with E-state index < -0.39 is 0 Å². The third-order valence-corrected chi connectivity index (χ3v) is 4.06. The maximum Gasteiger partial charge on any atom is 0.123 e. The van der Waals surface area contributed by atoms with Crippen LogP contribution in [0.2, 0.25) is 0 Å². The summed E-state index contributed by atoms with van der Waals surface area (Å²) in [7, 11) is 1.95. The number of benzene rings is 1. The Bertz CT molecular complexity index is 497. The quantitative estimate of drug-likeness (QED) is 0.891. The van der Waals surface area contributed by atoms with E-state index in [-0.39, 0.29) is 0 Å². The highest BCUT2D eigenvalue weighted by atomic mass is 32.1. The fraction of sp³-hybridized carbons (Fsp3) is 0.357. The van der Waals surface area contributed by atoms with Crippen molar-refractivity contribution in [2.45, 2.75) is 25.3 Å². The molecule has 0 atom stereocenters. The molecule has 1 aliphatic rings. The molecule has 0 radical (unpaired) electrons. The summed E-state index contributed by atoms with van der Waals surface area (Å²) in [4.78, 5) is 4.62. The molecule has 0 spiro atoms. The van der Waals surface area contributed by atoms with Gasteiger partial charge in [-0.3, -0.25) is 0 Å². The van der Waals surface area contributed by atoms with Crippen molar-refractivity contribution in [2.24, 2.45) is 0 Å². The Morgan fingerprint density at radius 3 is 2.71 bits per heavy atom. The highest BCUT2D eigenvalue weighted by Crippen LogP contribution is 2.40. The van der Waals surface area contributed by atoms with E-state index in [0.717, 1.165) is 23.2 Å². The molecule has 1 fully saturated rings. The Hall–Kier alpha value is -1.19. The molecule has 88 valence electrons. The van der Waals surface area contributed by atoms with Crippen LogP contribution in [0.25, 0.3) is 10.6 Å². The zero-order valence-electron chi connectivity index (χ0n) is 9.94. The van der Waals surface area contributed by atoms with Crippen molar-refractivity contribution in [3.05, 3.63) is 40.9 Å². The van der Waals surface area contributed by atoms with Crippen molar-refractivity contribution in [3.63, 3.8) is 0 Å². The van der Waals surface area contributed by atoms with Gasteiger partial charge >= 0.3 is 0 Å². The monoisotopic (exact) mass is 244 g/mol. The minimum atomic E-state index is 0.834. The normalized spacial score (nSPS) is 15.1. The molecule has 1 aromatic carbocycles. The molecule has 2 nitrogen and oxygen atoms in total. The summed E-state index contributed by atoms with van der Waals surface area (Å²) >= 11 is 1.72. The van der Waals surface area contributed by atoms with Gasteiger partial charge in [0.2, 0.25) is 0 Å². The lowest BCUT2D eigenvalue weighted by molar-refractivity contribution is 0.798. The lowest BCUT2D eigenvalue weighted by Crippen LogP contribution is -2.04. The molecule has 0 amide bonds. The van der Waals surface area contributed by atoms with Gasteiger partial charge in [0.1, 0.15) is 5.01 Å². The van der Waals surface area contributed by atoms with Crippen LogP contribution in [0.15, 0.2) is 29.6 Å². The van der Waals surface area contributed by atoms with E-state index in [1.165, 1.54) is 24.0 Å². The first-order valence-electron chi connectivity index (χ1n) is 6.06. The third kappa shape index (κ3) is 2.40. The minimum Gasteiger partial charge on any atom is -0.314 e. The minimum absolute atomic E-state index is 0.834. The molecule has 0 unspecified atom stereocenters. The first kappa shape index (κ1) is 10.9. The van der Waals surface area contributed by atoms with Crippen molar-refractivity contribution in [1.82, 2.24) is 10.3 Å². The van der Waals surface area contributed by atoms with Crippen LogP contribution in [0, 0.1) is 0 Å². The fourth-order valence-corrected chi connectivity index (χ4v) is 2.84. The van der Waals surface area contributed by atoms with Crippen molar-refractivity contribution < 1.29 is 0 Å². The molecule has 17 heavy (non-hydrogen) atoms. The smallest absolute Gasteiger partial charge is 0.123 e. The summed E-state index contributed by atoms with van der Waals surface area (Å²) in [6, 6.07) is 8.92. The van der Waals surface area contributed by atoms with Gasteiger partial charge in [0.25, 0.3) is 0 Å². The van der Waals surface area contributed by atoms with Gasteiger partial charge in [0.05, 0.1) is 5.69 Å². The van der Waals surface area contributed by atoms with Crippen molar-refractivity contribution in [2.75, 3.05) is 7.05 Å². The number of hydrogen-bond donors (Lipinski definition) is 1. The third-order valence-electron chi connectivity index (χ3n) is 3.12. The van der Waals surface area contributed by atoms with Crippen LogP contribution < -0.4 is 5.32 Å². The second-order valence-electron chi connectivity index (χ2n) is 4.57. The lowest BCUT2D eigenvalue weighted by Gasteiger charge is -2.00. The number of nitrogens with one attached hydrogen (secondary N) is 1. The van der Waals surface area contributed by atoms with Crippen LogP contribution in [0.3, 0.4) is 0 Å². The fourth-order valence-electron chi connectivity index (χ4n) is 2.02. The molecule has 1 aliphatic carbocycles.